The molecule has 29 heavy (non-hydrogen) atoms. The fourth-order valence-electron chi connectivity index (χ4n) is 4.23. The van der Waals surface area contributed by atoms with Gasteiger partial charge in [0.2, 0.25) is 5.91 Å². The molecule has 8 heteroatoms. The van der Waals surface area contributed by atoms with E-state index in [0.29, 0.717) is 35.7 Å². The smallest absolute Gasteiger partial charge is 0.273 e. The molecule has 0 spiro atoms. The van der Waals surface area contributed by atoms with Gasteiger partial charge in [0.15, 0.2) is 6.79 Å². The summed E-state index contributed by atoms with van der Waals surface area (Å²) in [5, 5.41) is 14.0. The minimum Gasteiger partial charge on any atom is -0.467 e. The van der Waals surface area contributed by atoms with E-state index in [1.54, 1.807) is 0 Å². The van der Waals surface area contributed by atoms with Gasteiger partial charge in [-0.1, -0.05) is 27.2 Å². The molecule has 1 amide bonds. The molecule has 1 aromatic carbocycles. The van der Waals surface area contributed by atoms with Crippen LogP contribution in [0, 0.1) is 27.9 Å². The summed E-state index contributed by atoms with van der Waals surface area (Å²) in [6.07, 6.45) is 3.40. The van der Waals surface area contributed by atoms with Crippen molar-refractivity contribution in [2.75, 3.05) is 13.4 Å². The number of nitrogens with zero attached hydrogens (tertiary/aromatic N) is 1. The number of nitro benzene ring substituents is 1. The molecular weight excluding hydrogens is 376 g/mol. The summed E-state index contributed by atoms with van der Waals surface area (Å²) >= 11 is 0. The highest BCUT2D eigenvalue weighted by Gasteiger charge is 2.31. The fraction of sp³-hybridized carbons (Fsp3) is 0.667. The van der Waals surface area contributed by atoms with Crippen LogP contribution in [-0.4, -0.2) is 30.3 Å². The van der Waals surface area contributed by atoms with E-state index in [4.69, 9.17) is 14.2 Å². The van der Waals surface area contributed by atoms with Crippen molar-refractivity contribution >= 4 is 11.6 Å². The number of ether oxygens (including phenoxy) is 3. The van der Waals surface area contributed by atoms with Crippen molar-refractivity contribution in [1.29, 1.82) is 0 Å². The average Bonchev–Trinajstić information content (AvgIpc) is 2.69. The maximum Gasteiger partial charge on any atom is 0.273 e. The predicted molar refractivity (Wildman–Crippen MR) is 106 cm³/mol. The van der Waals surface area contributed by atoms with E-state index < -0.39 is 4.92 Å². The van der Waals surface area contributed by atoms with E-state index in [0.717, 1.165) is 18.4 Å². The molecule has 2 aliphatic rings. The Balaban J connectivity index is 1.59. The van der Waals surface area contributed by atoms with Crippen molar-refractivity contribution < 1.29 is 23.9 Å². The summed E-state index contributed by atoms with van der Waals surface area (Å²) < 4.78 is 16.6. The Morgan fingerprint density at radius 2 is 2.17 bits per heavy atom. The number of fused-ring (bicyclic) bond motifs is 1. The largest absolute Gasteiger partial charge is 0.467 e. The second kappa shape index (κ2) is 9.54. The average molecular weight is 406 g/mol. The third-order valence-corrected chi connectivity index (χ3v) is 5.91. The molecule has 1 heterocycles. The molecule has 3 unspecified atom stereocenters. The zero-order chi connectivity index (χ0) is 21.0. The lowest BCUT2D eigenvalue weighted by Gasteiger charge is -2.37. The number of hydrogen-bond acceptors (Lipinski definition) is 6. The van der Waals surface area contributed by atoms with Gasteiger partial charge >= 0.3 is 0 Å². The van der Waals surface area contributed by atoms with Crippen molar-refractivity contribution in [3.05, 3.63) is 33.4 Å². The normalized spacial score (nSPS) is 23.9. The van der Waals surface area contributed by atoms with Gasteiger partial charge in [-0.05, 0) is 36.2 Å². The molecule has 1 aromatic rings. The Kier molecular flexibility index (Phi) is 7.08. The number of amides is 1. The van der Waals surface area contributed by atoms with E-state index in [-0.39, 0.29) is 37.6 Å². The predicted octanol–water partition coefficient (Wildman–Crippen LogP) is 3.55. The Morgan fingerprint density at radius 3 is 2.90 bits per heavy atom. The summed E-state index contributed by atoms with van der Waals surface area (Å²) in [7, 11) is 0. The molecule has 0 radical (unpaired) electrons. The first-order valence-corrected chi connectivity index (χ1v) is 10.2. The van der Waals surface area contributed by atoms with Crippen LogP contribution in [0.25, 0.3) is 0 Å². The van der Waals surface area contributed by atoms with Crippen LogP contribution in [0.1, 0.15) is 51.2 Å². The lowest BCUT2D eigenvalue weighted by Crippen LogP contribution is -2.37. The van der Waals surface area contributed by atoms with Crippen LogP contribution in [0.2, 0.25) is 0 Å². The second-order valence-corrected chi connectivity index (χ2v) is 8.40. The number of carbonyl (C=O) groups excluding carboxylic acids is 1. The summed E-state index contributed by atoms with van der Waals surface area (Å²) in [5.41, 5.74) is 1.28. The topological polar surface area (TPSA) is 99.9 Å². The number of benzene rings is 1. The SMILES string of the molecule is CC1CCC(C(C)C)C(OCC(=O)NCc2cc([N+](=O)[O-])cc3c2COCO3)C1. The minimum absolute atomic E-state index is 0.00920. The molecule has 3 rings (SSSR count). The maximum absolute atomic E-state index is 12.4. The highest BCUT2D eigenvalue weighted by atomic mass is 16.7. The van der Waals surface area contributed by atoms with E-state index in [2.05, 4.69) is 26.1 Å². The van der Waals surface area contributed by atoms with Gasteiger partial charge in [0.25, 0.3) is 5.69 Å². The van der Waals surface area contributed by atoms with Crippen LogP contribution in [0.3, 0.4) is 0 Å². The number of rotatable bonds is 7. The van der Waals surface area contributed by atoms with E-state index >= 15 is 0 Å². The third-order valence-electron chi connectivity index (χ3n) is 5.91. The highest BCUT2D eigenvalue weighted by Crippen LogP contribution is 2.35. The number of nitro groups is 1. The van der Waals surface area contributed by atoms with Crippen molar-refractivity contribution in [1.82, 2.24) is 5.32 Å². The van der Waals surface area contributed by atoms with Crippen LogP contribution < -0.4 is 10.1 Å². The molecule has 0 aromatic heterocycles. The molecule has 1 fully saturated rings. The van der Waals surface area contributed by atoms with E-state index in [1.807, 2.05) is 0 Å². The van der Waals surface area contributed by atoms with Gasteiger partial charge in [0, 0.05) is 18.2 Å². The molecule has 1 N–H and O–H groups in total. The van der Waals surface area contributed by atoms with Gasteiger partial charge in [-0.2, -0.15) is 0 Å². The lowest BCUT2D eigenvalue weighted by atomic mass is 9.75. The highest BCUT2D eigenvalue weighted by molar-refractivity contribution is 5.77. The van der Waals surface area contributed by atoms with Crippen molar-refractivity contribution in [2.24, 2.45) is 17.8 Å². The van der Waals surface area contributed by atoms with Crippen LogP contribution in [0.5, 0.6) is 5.75 Å². The summed E-state index contributed by atoms with van der Waals surface area (Å²) in [6.45, 7) is 7.13. The maximum atomic E-state index is 12.4. The van der Waals surface area contributed by atoms with Gasteiger partial charge in [-0.25, -0.2) is 0 Å². The van der Waals surface area contributed by atoms with Crippen molar-refractivity contribution in [2.45, 2.75) is 59.3 Å². The Labute approximate surface area is 171 Å². The number of carbonyl (C=O) groups is 1. The molecule has 1 aliphatic heterocycles. The summed E-state index contributed by atoms with van der Waals surface area (Å²) in [4.78, 5) is 23.1. The van der Waals surface area contributed by atoms with Gasteiger partial charge in [-0.15, -0.1) is 0 Å². The van der Waals surface area contributed by atoms with Gasteiger partial charge < -0.3 is 19.5 Å². The first-order chi connectivity index (χ1) is 13.8. The van der Waals surface area contributed by atoms with Crippen LogP contribution in [0.4, 0.5) is 5.69 Å². The van der Waals surface area contributed by atoms with Crippen molar-refractivity contribution in [3.8, 4) is 5.75 Å². The third kappa shape index (κ3) is 5.45. The zero-order valence-electron chi connectivity index (χ0n) is 17.3. The number of hydrogen-bond donors (Lipinski definition) is 1. The molecular formula is C21H30N2O6. The Hall–Kier alpha value is -2.19. The molecule has 8 nitrogen and oxygen atoms in total. The van der Waals surface area contributed by atoms with Gasteiger partial charge in [0.05, 0.1) is 23.7 Å². The summed E-state index contributed by atoms with van der Waals surface area (Å²) in [5.74, 6) is 1.80. The number of non-ortho nitro benzene ring substituents is 1. The molecule has 0 saturated heterocycles. The Bertz CT molecular complexity index is 751. The monoisotopic (exact) mass is 406 g/mol. The second-order valence-electron chi connectivity index (χ2n) is 8.40. The van der Waals surface area contributed by atoms with Gasteiger partial charge in [-0.3, -0.25) is 14.9 Å². The molecule has 1 aliphatic carbocycles. The molecule has 160 valence electrons. The first kappa shape index (κ1) is 21.5. The standard InChI is InChI=1S/C21H30N2O6/c1-13(2)17-5-4-14(3)6-19(17)28-11-21(24)22-9-15-7-16(23(25)26)8-20-18(15)10-27-12-29-20/h7-8,13-14,17,19H,4-6,9-12H2,1-3H3,(H,22,24). The van der Waals surface area contributed by atoms with Crippen molar-refractivity contribution in [3.63, 3.8) is 0 Å². The molecule has 1 saturated carbocycles. The van der Waals surface area contributed by atoms with Crippen LogP contribution in [0.15, 0.2) is 12.1 Å². The quantitative estimate of drug-likeness (QED) is 0.549. The Morgan fingerprint density at radius 1 is 1.38 bits per heavy atom. The number of nitrogens with one attached hydrogen (secondary N) is 1. The molecule has 0 bridgehead atoms. The van der Waals surface area contributed by atoms with E-state index in [9.17, 15) is 14.9 Å². The summed E-state index contributed by atoms with van der Waals surface area (Å²) in [6, 6.07) is 2.85. The van der Waals surface area contributed by atoms with E-state index in [1.165, 1.54) is 18.6 Å². The fourth-order valence-corrected chi connectivity index (χ4v) is 4.23. The zero-order valence-corrected chi connectivity index (χ0v) is 17.3. The van der Waals surface area contributed by atoms with Gasteiger partial charge in [0.1, 0.15) is 12.4 Å². The minimum atomic E-state index is -0.468. The molecule has 3 atom stereocenters. The van der Waals surface area contributed by atoms with Crippen LogP contribution >= 0.6 is 0 Å². The van der Waals surface area contributed by atoms with Crippen LogP contribution in [-0.2, 0) is 27.4 Å². The first-order valence-electron chi connectivity index (χ1n) is 10.2. The lowest BCUT2D eigenvalue weighted by molar-refractivity contribution is -0.385.